The molecule has 0 bridgehead atoms. The first-order valence-corrected chi connectivity index (χ1v) is 6.34. The molecule has 0 radical (unpaired) electrons. The molecule has 0 unspecified atom stereocenters. The Bertz CT molecular complexity index is 580. The Morgan fingerprint density at radius 2 is 1.95 bits per heavy atom. The molecule has 0 aliphatic carbocycles. The lowest BCUT2D eigenvalue weighted by atomic mass is 9.96. The maximum Gasteiger partial charge on any atom is 0.271 e. The fraction of sp³-hybridized carbons (Fsp3) is 0.267. The van der Waals surface area contributed by atoms with Crippen LogP contribution in [-0.4, -0.2) is 27.5 Å². The number of benzene rings is 1. The topological polar surface area (TPSA) is 75.1 Å². The number of aliphatic hydroxyl groups is 1. The molecule has 0 saturated carbocycles. The Morgan fingerprint density at radius 1 is 1.25 bits per heavy atom. The van der Waals surface area contributed by atoms with E-state index in [1.807, 2.05) is 30.3 Å². The Hall–Kier alpha value is -2.27. The standard InChI is InChI=1S/C15H17N3O2/c1-11-8-17-13(9-16-11)14(19)18-10-15(2,20)12-6-4-3-5-7-12/h3-9,20H,10H2,1-2H3,(H,18,19)/t15-/m0/s1. The third kappa shape index (κ3) is 3.39. The van der Waals surface area contributed by atoms with E-state index in [1.54, 1.807) is 13.8 Å². The minimum absolute atomic E-state index is 0.103. The molecule has 1 amide bonds. The third-order valence-electron chi connectivity index (χ3n) is 3.00. The van der Waals surface area contributed by atoms with E-state index < -0.39 is 5.60 Å². The van der Waals surface area contributed by atoms with Crippen LogP contribution in [0, 0.1) is 6.92 Å². The van der Waals surface area contributed by atoms with Crippen molar-refractivity contribution in [1.82, 2.24) is 15.3 Å². The summed E-state index contributed by atoms with van der Waals surface area (Å²) < 4.78 is 0. The van der Waals surface area contributed by atoms with Gasteiger partial charge in [0.1, 0.15) is 11.3 Å². The quantitative estimate of drug-likeness (QED) is 0.882. The highest BCUT2D eigenvalue weighted by atomic mass is 16.3. The molecule has 1 aromatic heterocycles. The van der Waals surface area contributed by atoms with E-state index in [0.29, 0.717) is 0 Å². The molecule has 0 aliphatic rings. The summed E-state index contributed by atoms with van der Waals surface area (Å²) in [4.78, 5) is 19.9. The van der Waals surface area contributed by atoms with Crippen LogP contribution in [0.3, 0.4) is 0 Å². The van der Waals surface area contributed by atoms with E-state index >= 15 is 0 Å². The van der Waals surface area contributed by atoms with Gasteiger partial charge in [-0.25, -0.2) is 4.98 Å². The van der Waals surface area contributed by atoms with Crippen molar-refractivity contribution in [3.8, 4) is 0 Å². The maximum absolute atomic E-state index is 11.9. The lowest BCUT2D eigenvalue weighted by Crippen LogP contribution is -2.38. The van der Waals surface area contributed by atoms with Crippen LogP contribution < -0.4 is 5.32 Å². The average Bonchev–Trinajstić information content (AvgIpc) is 2.46. The highest BCUT2D eigenvalue weighted by Gasteiger charge is 2.23. The van der Waals surface area contributed by atoms with Crippen LogP contribution in [0.1, 0.15) is 28.7 Å². The summed E-state index contributed by atoms with van der Waals surface area (Å²) in [6.45, 7) is 3.56. The van der Waals surface area contributed by atoms with Crippen LogP contribution in [0.4, 0.5) is 0 Å². The van der Waals surface area contributed by atoms with Gasteiger partial charge in [0.05, 0.1) is 18.4 Å². The third-order valence-corrected chi connectivity index (χ3v) is 3.00. The molecule has 2 N–H and O–H groups in total. The monoisotopic (exact) mass is 271 g/mol. The molecular formula is C15H17N3O2. The predicted octanol–water partition coefficient (Wildman–Crippen LogP) is 1.42. The second-order valence-electron chi connectivity index (χ2n) is 4.87. The average molecular weight is 271 g/mol. The first-order chi connectivity index (χ1) is 9.49. The van der Waals surface area contributed by atoms with Crippen LogP contribution in [0.5, 0.6) is 0 Å². The summed E-state index contributed by atoms with van der Waals surface area (Å²) in [7, 11) is 0. The fourth-order valence-corrected chi connectivity index (χ4v) is 1.75. The zero-order chi connectivity index (χ0) is 14.6. The molecule has 2 rings (SSSR count). The Kier molecular flexibility index (Phi) is 4.10. The molecule has 1 atom stereocenters. The van der Waals surface area contributed by atoms with Gasteiger partial charge >= 0.3 is 0 Å². The van der Waals surface area contributed by atoms with Gasteiger partial charge in [-0.1, -0.05) is 30.3 Å². The lowest BCUT2D eigenvalue weighted by Gasteiger charge is -2.24. The van der Waals surface area contributed by atoms with Crippen LogP contribution in [0.2, 0.25) is 0 Å². The highest BCUT2D eigenvalue weighted by molar-refractivity contribution is 5.91. The molecule has 5 heteroatoms. The van der Waals surface area contributed by atoms with Crippen molar-refractivity contribution in [1.29, 1.82) is 0 Å². The molecule has 20 heavy (non-hydrogen) atoms. The van der Waals surface area contributed by atoms with E-state index in [0.717, 1.165) is 11.3 Å². The van der Waals surface area contributed by atoms with Gasteiger partial charge < -0.3 is 10.4 Å². The van der Waals surface area contributed by atoms with E-state index in [2.05, 4.69) is 15.3 Å². The number of aryl methyl sites for hydroxylation is 1. The molecule has 0 fully saturated rings. The normalized spacial score (nSPS) is 13.6. The van der Waals surface area contributed by atoms with E-state index in [4.69, 9.17) is 0 Å². The van der Waals surface area contributed by atoms with E-state index in [-0.39, 0.29) is 18.1 Å². The molecule has 1 heterocycles. The van der Waals surface area contributed by atoms with Crippen LogP contribution >= 0.6 is 0 Å². The summed E-state index contributed by atoms with van der Waals surface area (Å²) >= 11 is 0. The van der Waals surface area contributed by atoms with Gasteiger partial charge in [0.15, 0.2) is 0 Å². The van der Waals surface area contributed by atoms with Crippen molar-refractivity contribution in [3.63, 3.8) is 0 Å². The number of aromatic nitrogens is 2. The van der Waals surface area contributed by atoms with Gasteiger partial charge in [-0.15, -0.1) is 0 Å². The summed E-state index contributed by atoms with van der Waals surface area (Å²) in [6.07, 6.45) is 2.95. The number of nitrogens with one attached hydrogen (secondary N) is 1. The van der Waals surface area contributed by atoms with Crippen molar-refractivity contribution in [2.45, 2.75) is 19.4 Å². The van der Waals surface area contributed by atoms with Gasteiger partial charge in [-0.05, 0) is 19.4 Å². The lowest BCUT2D eigenvalue weighted by molar-refractivity contribution is 0.0525. The summed E-state index contributed by atoms with van der Waals surface area (Å²) in [6, 6.07) is 9.20. The number of hydrogen-bond acceptors (Lipinski definition) is 4. The highest BCUT2D eigenvalue weighted by Crippen LogP contribution is 2.18. The van der Waals surface area contributed by atoms with Crippen molar-refractivity contribution in [2.75, 3.05) is 6.54 Å². The van der Waals surface area contributed by atoms with Crippen LogP contribution in [0.25, 0.3) is 0 Å². The Labute approximate surface area is 117 Å². The second-order valence-corrected chi connectivity index (χ2v) is 4.87. The van der Waals surface area contributed by atoms with Crippen molar-refractivity contribution < 1.29 is 9.90 Å². The molecule has 104 valence electrons. The SMILES string of the molecule is Cc1cnc(C(=O)NC[C@](C)(O)c2ccccc2)cn1. The predicted molar refractivity (Wildman–Crippen MR) is 75.1 cm³/mol. The van der Waals surface area contributed by atoms with Crippen molar-refractivity contribution >= 4 is 5.91 Å². The fourth-order valence-electron chi connectivity index (χ4n) is 1.75. The largest absolute Gasteiger partial charge is 0.384 e. The first kappa shape index (κ1) is 14.1. The van der Waals surface area contributed by atoms with Gasteiger partial charge in [-0.3, -0.25) is 9.78 Å². The second kappa shape index (κ2) is 5.79. The van der Waals surface area contributed by atoms with Gasteiger partial charge in [0.2, 0.25) is 0 Å². The Balaban J connectivity index is 2.01. The van der Waals surface area contributed by atoms with Crippen molar-refractivity contribution in [3.05, 3.63) is 59.7 Å². The van der Waals surface area contributed by atoms with Gasteiger partial charge in [-0.2, -0.15) is 0 Å². The number of amides is 1. The zero-order valence-corrected chi connectivity index (χ0v) is 11.5. The minimum Gasteiger partial charge on any atom is -0.384 e. The number of hydrogen-bond donors (Lipinski definition) is 2. The molecule has 2 aromatic rings. The molecule has 5 nitrogen and oxygen atoms in total. The number of carbonyl (C=O) groups is 1. The molecular weight excluding hydrogens is 254 g/mol. The maximum atomic E-state index is 11.9. The number of nitrogens with zero attached hydrogens (tertiary/aromatic N) is 2. The summed E-state index contributed by atoms with van der Waals surface area (Å²) in [5, 5.41) is 13.0. The summed E-state index contributed by atoms with van der Waals surface area (Å²) in [5.41, 5.74) is 0.599. The number of carbonyl (C=O) groups excluding carboxylic acids is 1. The molecule has 0 saturated heterocycles. The summed E-state index contributed by atoms with van der Waals surface area (Å²) in [5.74, 6) is -0.353. The molecule has 0 aliphatic heterocycles. The van der Waals surface area contributed by atoms with Gasteiger partial charge in [0.25, 0.3) is 5.91 Å². The van der Waals surface area contributed by atoms with Crippen LogP contribution in [0.15, 0.2) is 42.7 Å². The van der Waals surface area contributed by atoms with E-state index in [9.17, 15) is 9.90 Å². The van der Waals surface area contributed by atoms with E-state index in [1.165, 1.54) is 12.4 Å². The van der Waals surface area contributed by atoms with Gasteiger partial charge in [0, 0.05) is 6.20 Å². The smallest absolute Gasteiger partial charge is 0.271 e. The van der Waals surface area contributed by atoms with Crippen LogP contribution in [-0.2, 0) is 5.60 Å². The Morgan fingerprint density at radius 3 is 2.55 bits per heavy atom. The molecule has 1 aromatic carbocycles. The molecule has 0 spiro atoms. The zero-order valence-electron chi connectivity index (χ0n) is 11.5. The minimum atomic E-state index is -1.13. The van der Waals surface area contributed by atoms with Crippen molar-refractivity contribution in [2.24, 2.45) is 0 Å². The first-order valence-electron chi connectivity index (χ1n) is 6.34. The number of rotatable bonds is 4.